The number of benzene rings is 3. The van der Waals surface area contributed by atoms with Crippen LogP contribution in [0.25, 0.3) is 10.8 Å². The lowest BCUT2D eigenvalue weighted by Crippen LogP contribution is -2.13. The summed E-state index contributed by atoms with van der Waals surface area (Å²) >= 11 is 3.57. The molecule has 0 bridgehead atoms. The third-order valence-corrected chi connectivity index (χ3v) is 4.36. The van der Waals surface area contributed by atoms with Gasteiger partial charge < -0.3 is 5.73 Å². The monoisotopic (exact) mass is 343 g/mol. The first-order valence-electron chi connectivity index (χ1n) is 6.82. The van der Waals surface area contributed by atoms with Crippen LogP contribution in [0, 0.1) is 5.82 Å². The van der Waals surface area contributed by atoms with Gasteiger partial charge in [0.1, 0.15) is 5.82 Å². The van der Waals surface area contributed by atoms with Crippen molar-refractivity contribution in [3.05, 3.63) is 82.1 Å². The zero-order valence-corrected chi connectivity index (χ0v) is 13.0. The van der Waals surface area contributed by atoms with Crippen LogP contribution >= 0.6 is 15.9 Å². The van der Waals surface area contributed by atoms with Gasteiger partial charge in [-0.15, -0.1) is 0 Å². The quantitative estimate of drug-likeness (QED) is 0.712. The first kappa shape index (κ1) is 14.2. The molecule has 3 aromatic rings. The second-order valence-electron chi connectivity index (χ2n) is 5.12. The molecular formula is C18H15BrFN. The van der Waals surface area contributed by atoms with E-state index in [-0.39, 0.29) is 11.9 Å². The highest BCUT2D eigenvalue weighted by Crippen LogP contribution is 2.30. The molecule has 3 aromatic carbocycles. The Morgan fingerprint density at radius 3 is 2.29 bits per heavy atom. The molecule has 2 N–H and O–H groups in total. The van der Waals surface area contributed by atoms with Crippen molar-refractivity contribution >= 4 is 26.7 Å². The smallest absolute Gasteiger partial charge is 0.123 e. The number of halogens is 2. The maximum absolute atomic E-state index is 13.0. The van der Waals surface area contributed by atoms with Crippen molar-refractivity contribution < 1.29 is 4.39 Å². The SMILES string of the molecule is NC(Cc1ccc(F)cc1)c1ccc(Br)c2ccccc12. The summed E-state index contributed by atoms with van der Waals surface area (Å²) in [5.74, 6) is -0.221. The molecule has 3 heteroatoms. The molecule has 0 aliphatic heterocycles. The lowest BCUT2D eigenvalue weighted by molar-refractivity contribution is 0.625. The van der Waals surface area contributed by atoms with Gasteiger partial charge in [-0.05, 0) is 46.5 Å². The topological polar surface area (TPSA) is 26.0 Å². The molecule has 0 heterocycles. The van der Waals surface area contributed by atoms with Crippen molar-refractivity contribution in [2.45, 2.75) is 12.5 Å². The summed E-state index contributed by atoms with van der Waals surface area (Å²) < 4.78 is 14.0. The van der Waals surface area contributed by atoms with E-state index in [1.807, 2.05) is 18.2 Å². The van der Waals surface area contributed by atoms with Crippen LogP contribution in [0.5, 0.6) is 0 Å². The Labute approximate surface area is 131 Å². The Kier molecular flexibility index (Phi) is 4.04. The first-order chi connectivity index (χ1) is 10.1. The van der Waals surface area contributed by atoms with Crippen molar-refractivity contribution in [1.82, 2.24) is 0 Å². The summed E-state index contributed by atoms with van der Waals surface area (Å²) in [5.41, 5.74) is 8.52. The number of rotatable bonds is 3. The molecule has 0 radical (unpaired) electrons. The van der Waals surface area contributed by atoms with Gasteiger partial charge in [0, 0.05) is 10.5 Å². The zero-order chi connectivity index (χ0) is 14.8. The summed E-state index contributed by atoms with van der Waals surface area (Å²) in [5, 5.41) is 2.31. The highest BCUT2D eigenvalue weighted by Gasteiger charge is 2.12. The van der Waals surface area contributed by atoms with Gasteiger partial charge in [0.25, 0.3) is 0 Å². The van der Waals surface area contributed by atoms with E-state index in [2.05, 4.69) is 34.1 Å². The Balaban J connectivity index is 1.96. The van der Waals surface area contributed by atoms with E-state index in [1.165, 1.54) is 12.1 Å². The average molecular weight is 344 g/mol. The van der Waals surface area contributed by atoms with Gasteiger partial charge in [0.05, 0.1) is 0 Å². The number of nitrogens with two attached hydrogens (primary N) is 1. The molecule has 3 rings (SSSR count). The van der Waals surface area contributed by atoms with E-state index in [9.17, 15) is 4.39 Å². The van der Waals surface area contributed by atoms with Crippen LogP contribution in [0.1, 0.15) is 17.2 Å². The van der Waals surface area contributed by atoms with Crippen LogP contribution < -0.4 is 5.73 Å². The minimum atomic E-state index is -0.221. The fraction of sp³-hybridized carbons (Fsp3) is 0.111. The lowest BCUT2D eigenvalue weighted by Gasteiger charge is -2.16. The molecule has 0 aromatic heterocycles. The Morgan fingerprint density at radius 2 is 1.57 bits per heavy atom. The van der Waals surface area contributed by atoms with Crippen molar-refractivity contribution in [3.8, 4) is 0 Å². The lowest BCUT2D eigenvalue weighted by atomic mass is 9.95. The highest BCUT2D eigenvalue weighted by atomic mass is 79.9. The molecule has 106 valence electrons. The van der Waals surface area contributed by atoms with Crippen molar-refractivity contribution in [3.63, 3.8) is 0 Å². The standard InChI is InChI=1S/C18H15BrFN/c19-17-10-9-16(14-3-1-2-4-15(14)17)18(21)11-12-5-7-13(20)8-6-12/h1-10,18H,11,21H2. The van der Waals surface area contributed by atoms with Gasteiger partial charge >= 0.3 is 0 Å². The summed E-state index contributed by atoms with van der Waals surface area (Å²) in [4.78, 5) is 0. The second-order valence-corrected chi connectivity index (χ2v) is 5.97. The van der Waals surface area contributed by atoms with E-state index < -0.39 is 0 Å². The summed E-state index contributed by atoms with van der Waals surface area (Å²) in [7, 11) is 0. The van der Waals surface area contributed by atoms with E-state index >= 15 is 0 Å². The van der Waals surface area contributed by atoms with Crippen LogP contribution in [-0.4, -0.2) is 0 Å². The minimum absolute atomic E-state index is 0.117. The molecule has 1 atom stereocenters. The minimum Gasteiger partial charge on any atom is -0.324 e. The molecule has 0 aliphatic rings. The van der Waals surface area contributed by atoms with Crippen molar-refractivity contribution in [2.24, 2.45) is 5.73 Å². The van der Waals surface area contributed by atoms with E-state index in [0.717, 1.165) is 26.4 Å². The molecule has 0 amide bonds. The highest BCUT2D eigenvalue weighted by molar-refractivity contribution is 9.10. The van der Waals surface area contributed by atoms with Crippen LogP contribution in [0.2, 0.25) is 0 Å². The Hall–Kier alpha value is -1.71. The molecular weight excluding hydrogens is 329 g/mol. The van der Waals surface area contributed by atoms with Crippen LogP contribution in [0.3, 0.4) is 0 Å². The molecule has 0 saturated carbocycles. The maximum atomic E-state index is 13.0. The normalized spacial score (nSPS) is 12.5. The van der Waals surface area contributed by atoms with Crippen LogP contribution in [0.4, 0.5) is 4.39 Å². The third kappa shape index (κ3) is 2.99. The molecule has 0 fully saturated rings. The third-order valence-electron chi connectivity index (χ3n) is 3.67. The van der Waals surface area contributed by atoms with Crippen LogP contribution in [0.15, 0.2) is 65.1 Å². The van der Waals surface area contributed by atoms with Crippen LogP contribution in [-0.2, 0) is 6.42 Å². The van der Waals surface area contributed by atoms with Gasteiger partial charge in [-0.1, -0.05) is 58.4 Å². The number of hydrogen-bond acceptors (Lipinski definition) is 1. The van der Waals surface area contributed by atoms with E-state index in [4.69, 9.17) is 5.73 Å². The zero-order valence-electron chi connectivity index (χ0n) is 11.4. The van der Waals surface area contributed by atoms with Gasteiger partial charge in [-0.25, -0.2) is 4.39 Å². The number of hydrogen-bond donors (Lipinski definition) is 1. The van der Waals surface area contributed by atoms with Gasteiger partial charge in [-0.2, -0.15) is 0 Å². The van der Waals surface area contributed by atoms with E-state index in [1.54, 1.807) is 12.1 Å². The molecule has 21 heavy (non-hydrogen) atoms. The molecule has 1 nitrogen and oxygen atoms in total. The van der Waals surface area contributed by atoms with Gasteiger partial charge in [-0.3, -0.25) is 0 Å². The van der Waals surface area contributed by atoms with Gasteiger partial charge in [0.15, 0.2) is 0 Å². The predicted octanol–water partition coefficient (Wildman–Crippen LogP) is 4.98. The first-order valence-corrected chi connectivity index (χ1v) is 7.61. The molecule has 0 aliphatic carbocycles. The fourth-order valence-electron chi connectivity index (χ4n) is 2.59. The maximum Gasteiger partial charge on any atom is 0.123 e. The molecule has 0 saturated heterocycles. The Bertz CT molecular complexity index is 768. The Morgan fingerprint density at radius 1 is 0.905 bits per heavy atom. The predicted molar refractivity (Wildman–Crippen MR) is 88.7 cm³/mol. The largest absolute Gasteiger partial charge is 0.324 e. The summed E-state index contributed by atoms with van der Waals surface area (Å²) in [6.07, 6.45) is 0.686. The van der Waals surface area contributed by atoms with Crippen molar-refractivity contribution in [1.29, 1.82) is 0 Å². The summed E-state index contributed by atoms with van der Waals surface area (Å²) in [6, 6.07) is 18.7. The van der Waals surface area contributed by atoms with Crippen molar-refractivity contribution in [2.75, 3.05) is 0 Å². The van der Waals surface area contributed by atoms with E-state index in [0.29, 0.717) is 6.42 Å². The fourth-order valence-corrected chi connectivity index (χ4v) is 3.07. The number of fused-ring (bicyclic) bond motifs is 1. The molecule has 1 unspecified atom stereocenters. The second kappa shape index (κ2) is 5.96. The van der Waals surface area contributed by atoms with Gasteiger partial charge in [0.2, 0.25) is 0 Å². The molecule has 0 spiro atoms. The summed E-state index contributed by atoms with van der Waals surface area (Å²) in [6.45, 7) is 0. The average Bonchev–Trinajstić information content (AvgIpc) is 2.50.